The van der Waals surface area contributed by atoms with Crippen molar-refractivity contribution >= 4 is 9.84 Å². The maximum Gasteiger partial charge on any atom is 0.156 e. The highest BCUT2D eigenvalue weighted by molar-refractivity contribution is 7.92. The van der Waals surface area contributed by atoms with Crippen LogP contribution in [-0.2, 0) is 9.84 Å². The van der Waals surface area contributed by atoms with Crippen molar-refractivity contribution in [1.82, 2.24) is 10.2 Å². The van der Waals surface area contributed by atoms with Gasteiger partial charge in [0, 0.05) is 12.6 Å². The van der Waals surface area contributed by atoms with Gasteiger partial charge in [-0.1, -0.05) is 19.3 Å². The van der Waals surface area contributed by atoms with Gasteiger partial charge >= 0.3 is 0 Å². The zero-order chi connectivity index (χ0) is 15.9. The highest BCUT2D eigenvalue weighted by Gasteiger charge is 2.27. The van der Waals surface area contributed by atoms with Crippen LogP contribution in [-0.4, -0.2) is 56.5 Å². The van der Waals surface area contributed by atoms with Gasteiger partial charge in [0.05, 0.1) is 10.5 Å². The molecule has 0 aromatic heterocycles. The summed E-state index contributed by atoms with van der Waals surface area (Å²) in [5, 5.41) is 3.27. The molecule has 21 heavy (non-hydrogen) atoms. The Hall–Kier alpha value is -0.130. The molecular weight excluding hydrogens is 284 g/mol. The summed E-state index contributed by atoms with van der Waals surface area (Å²) in [6.07, 6.45) is 7.91. The number of rotatable bonds is 8. The molecule has 0 radical (unpaired) electrons. The SMILES string of the molecule is CN(CCCNCCS(=O)(=O)C(C)(C)C)C1CCCCC1. The number of sulfone groups is 1. The average molecular weight is 319 g/mol. The molecule has 0 bridgehead atoms. The van der Waals surface area contributed by atoms with Gasteiger partial charge in [-0.15, -0.1) is 0 Å². The summed E-state index contributed by atoms with van der Waals surface area (Å²) in [5.74, 6) is 0.231. The van der Waals surface area contributed by atoms with Crippen LogP contribution >= 0.6 is 0 Å². The zero-order valence-electron chi connectivity index (χ0n) is 14.3. The first kappa shape index (κ1) is 18.9. The molecule has 0 heterocycles. The molecule has 1 N–H and O–H groups in total. The zero-order valence-corrected chi connectivity index (χ0v) is 15.1. The van der Waals surface area contributed by atoms with Gasteiger partial charge in [-0.2, -0.15) is 0 Å². The van der Waals surface area contributed by atoms with E-state index in [-0.39, 0.29) is 5.75 Å². The Balaban J connectivity index is 2.09. The van der Waals surface area contributed by atoms with Gasteiger partial charge < -0.3 is 10.2 Å². The van der Waals surface area contributed by atoms with E-state index in [1.165, 1.54) is 32.1 Å². The van der Waals surface area contributed by atoms with Gasteiger partial charge in [0.25, 0.3) is 0 Å². The molecule has 1 aliphatic carbocycles. The lowest BCUT2D eigenvalue weighted by atomic mass is 9.94. The van der Waals surface area contributed by atoms with Crippen LogP contribution in [0.2, 0.25) is 0 Å². The summed E-state index contributed by atoms with van der Waals surface area (Å²) in [6.45, 7) is 7.86. The highest BCUT2D eigenvalue weighted by atomic mass is 32.2. The Labute approximate surface area is 131 Å². The minimum atomic E-state index is -2.99. The van der Waals surface area contributed by atoms with E-state index in [4.69, 9.17) is 0 Å². The first-order valence-electron chi connectivity index (χ1n) is 8.37. The van der Waals surface area contributed by atoms with Crippen molar-refractivity contribution in [3.63, 3.8) is 0 Å². The molecule has 1 rings (SSSR count). The fourth-order valence-electron chi connectivity index (χ4n) is 2.80. The number of hydrogen-bond donors (Lipinski definition) is 1. The van der Waals surface area contributed by atoms with Gasteiger partial charge in [0.2, 0.25) is 0 Å². The Morgan fingerprint density at radius 1 is 1.10 bits per heavy atom. The van der Waals surface area contributed by atoms with Crippen molar-refractivity contribution in [3.05, 3.63) is 0 Å². The van der Waals surface area contributed by atoms with Crippen LogP contribution in [0.3, 0.4) is 0 Å². The summed E-state index contributed by atoms with van der Waals surface area (Å²) in [7, 11) is -0.769. The maximum atomic E-state index is 12.0. The largest absolute Gasteiger partial charge is 0.316 e. The van der Waals surface area contributed by atoms with Gasteiger partial charge in [0.15, 0.2) is 9.84 Å². The smallest absolute Gasteiger partial charge is 0.156 e. The molecule has 0 atom stereocenters. The van der Waals surface area contributed by atoms with Crippen LogP contribution in [0.4, 0.5) is 0 Å². The van der Waals surface area contributed by atoms with Gasteiger partial charge in [0.1, 0.15) is 0 Å². The monoisotopic (exact) mass is 318 g/mol. The highest BCUT2D eigenvalue weighted by Crippen LogP contribution is 2.21. The summed E-state index contributed by atoms with van der Waals surface area (Å²) in [6, 6.07) is 0.764. The summed E-state index contributed by atoms with van der Waals surface area (Å²) in [5.41, 5.74) is 0. The summed E-state index contributed by atoms with van der Waals surface area (Å²) >= 11 is 0. The molecular formula is C16H34N2O2S. The Kier molecular flexibility index (Phi) is 7.65. The predicted molar refractivity (Wildman–Crippen MR) is 90.5 cm³/mol. The lowest BCUT2D eigenvalue weighted by Crippen LogP contribution is -2.37. The normalized spacial score (nSPS) is 18.3. The van der Waals surface area contributed by atoms with Crippen molar-refractivity contribution < 1.29 is 8.42 Å². The molecule has 0 aliphatic heterocycles. The Bertz CT molecular complexity index is 382. The minimum Gasteiger partial charge on any atom is -0.316 e. The van der Waals surface area contributed by atoms with E-state index in [2.05, 4.69) is 17.3 Å². The molecule has 0 amide bonds. The molecule has 0 aromatic carbocycles. The van der Waals surface area contributed by atoms with E-state index < -0.39 is 14.6 Å². The molecule has 1 saturated carbocycles. The van der Waals surface area contributed by atoms with Crippen LogP contribution in [0.1, 0.15) is 59.3 Å². The fraction of sp³-hybridized carbons (Fsp3) is 1.00. The Morgan fingerprint density at radius 3 is 2.29 bits per heavy atom. The lowest BCUT2D eigenvalue weighted by molar-refractivity contribution is 0.190. The van der Waals surface area contributed by atoms with Crippen molar-refractivity contribution in [2.24, 2.45) is 0 Å². The molecule has 0 spiro atoms. The van der Waals surface area contributed by atoms with Crippen LogP contribution in [0.15, 0.2) is 0 Å². The third-order valence-electron chi connectivity index (χ3n) is 4.54. The maximum absolute atomic E-state index is 12.0. The molecule has 1 fully saturated rings. The standard InChI is InChI=1S/C16H34N2O2S/c1-16(2,3)21(19,20)14-12-17-11-8-13-18(4)15-9-6-5-7-10-15/h15,17H,5-14H2,1-4H3. The van der Waals surface area contributed by atoms with Gasteiger partial charge in [-0.3, -0.25) is 0 Å². The minimum absolute atomic E-state index is 0.231. The van der Waals surface area contributed by atoms with Crippen LogP contribution in [0, 0.1) is 0 Å². The molecule has 0 saturated heterocycles. The molecule has 4 nitrogen and oxygen atoms in total. The molecule has 1 aliphatic rings. The first-order chi connectivity index (χ1) is 9.74. The molecule has 0 unspecified atom stereocenters. The van der Waals surface area contributed by atoms with E-state index in [0.717, 1.165) is 25.6 Å². The number of nitrogens with zero attached hydrogens (tertiary/aromatic N) is 1. The number of nitrogens with one attached hydrogen (secondary N) is 1. The second-order valence-electron chi connectivity index (χ2n) is 7.31. The van der Waals surface area contributed by atoms with Crippen LogP contribution < -0.4 is 5.32 Å². The van der Waals surface area contributed by atoms with E-state index >= 15 is 0 Å². The predicted octanol–water partition coefficient (Wildman–Crippen LogP) is 2.44. The second kappa shape index (κ2) is 8.49. The van der Waals surface area contributed by atoms with E-state index in [1.54, 1.807) is 20.8 Å². The summed E-state index contributed by atoms with van der Waals surface area (Å²) < 4.78 is 23.3. The third kappa shape index (κ3) is 6.66. The molecule has 126 valence electrons. The Morgan fingerprint density at radius 2 is 1.71 bits per heavy atom. The number of hydrogen-bond acceptors (Lipinski definition) is 4. The first-order valence-corrected chi connectivity index (χ1v) is 10.0. The topological polar surface area (TPSA) is 49.4 Å². The van der Waals surface area contributed by atoms with Crippen LogP contribution in [0.25, 0.3) is 0 Å². The van der Waals surface area contributed by atoms with Crippen molar-refractivity contribution in [2.75, 3.05) is 32.4 Å². The van der Waals surface area contributed by atoms with Gasteiger partial charge in [-0.25, -0.2) is 8.42 Å². The van der Waals surface area contributed by atoms with E-state index in [0.29, 0.717) is 6.54 Å². The third-order valence-corrected chi connectivity index (χ3v) is 7.15. The fourth-order valence-corrected chi connectivity index (χ4v) is 3.82. The summed E-state index contributed by atoms with van der Waals surface area (Å²) in [4.78, 5) is 2.48. The van der Waals surface area contributed by atoms with Crippen molar-refractivity contribution in [2.45, 2.75) is 70.1 Å². The van der Waals surface area contributed by atoms with Crippen LogP contribution in [0.5, 0.6) is 0 Å². The second-order valence-corrected chi connectivity index (χ2v) is 10.2. The van der Waals surface area contributed by atoms with Crippen molar-refractivity contribution in [1.29, 1.82) is 0 Å². The average Bonchev–Trinajstić information content (AvgIpc) is 2.42. The lowest BCUT2D eigenvalue weighted by Gasteiger charge is -2.31. The molecule has 5 heteroatoms. The van der Waals surface area contributed by atoms with Crippen molar-refractivity contribution in [3.8, 4) is 0 Å². The quantitative estimate of drug-likeness (QED) is 0.698. The van der Waals surface area contributed by atoms with Gasteiger partial charge in [-0.05, 0) is 60.2 Å². The van der Waals surface area contributed by atoms with E-state index in [1.807, 2.05) is 0 Å². The molecule has 0 aromatic rings. The van der Waals surface area contributed by atoms with E-state index in [9.17, 15) is 8.42 Å².